The molecule has 1 heterocycles. The summed E-state index contributed by atoms with van der Waals surface area (Å²) in [6, 6.07) is -0.0473. The van der Waals surface area contributed by atoms with Gasteiger partial charge >= 0.3 is 0 Å². The molecule has 0 aliphatic heterocycles. The van der Waals surface area contributed by atoms with Crippen LogP contribution in [-0.4, -0.2) is 33.9 Å². The van der Waals surface area contributed by atoms with E-state index < -0.39 is 0 Å². The maximum absolute atomic E-state index is 11.8. The van der Waals surface area contributed by atoms with Crippen LogP contribution >= 0.6 is 0 Å². The van der Waals surface area contributed by atoms with Crippen molar-refractivity contribution in [2.24, 2.45) is 0 Å². The molecule has 1 aromatic rings. The van der Waals surface area contributed by atoms with E-state index in [9.17, 15) is 4.79 Å². The first kappa shape index (κ1) is 12.5. The number of nitrogens with two attached hydrogens (primary N) is 1. The molecule has 0 bridgehead atoms. The number of carbonyl (C=O) groups excluding carboxylic acids is 1. The van der Waals surface area contributed by atoms with Gasteiger partial charge in [-0.25, -0.2) is 0 Å². The van der Waals surface area contributed by atoms with Crippen LogP contribution in [0, 0.1) is 6.92 Å². The predicted octanol–water partition coefficient (Wildman–Crippen LogP) is 0.191. The van der Waals surface area contributed by atoms with Crippen molar-refractivity contribution in [3.05, 3.63) is 11.4 Å². The summed E-state index contributed by atoms with van der Waals surface area (Å²) < 4.78 is 0. The van der Waals surface area contributed by atoms with E-state index in [0.29, 0.717) is 17.8 Å². The van der Waals surface area contributed by atoms with E-state index in [1.54, 1.807) is 6.92 Å². The number of aliphatic hydroxyl groups is 1. The average Bonchev–Trinajstić information content (AvgIpc) is 2.59. The molecule has 0 aromatic carbocycles. The standard InChI is InChI=1S/C10H18N4O2/c1-3-7(4-5-15)12-10(16)9-8(11)6(2)13-14-9/h7,15H,3-5,11H2,1-2H3,(H,12,16)(H,13,14). The summed E-state index contributed by atoms with van der Waals surface area (Å²) in [5.74, 6) is -0.304. The van der Waals surface area contributed by atoms with Crippen LogP contribution in [0.5, 0.6) is 0 Å². The Balaban J connectivity index is 2.68. The van der Waals surface area contributed by atoms with Gasteiger partial charge in [0, 0.05) is 12.6 Å². The van der Waals surface area contributed by atoms with Crippen LogP contribution in [0.4, 0.5) is 5.69 Å². The molecule has 0 spiro atoms. The van der Waals surface area contributed by atoms with Gasteiger partial charge in [-0.05, 0) is 19.8 Å². The van der Waals surface area contributed by atoms with E-state index in [1.165, 1.54) is 0 Å². The third kappa shape index (κ3) is 2.73. The quantitative estimate of drug-likeness (QED) is 0.575. The van der Waals surface area contributed by atoms with E-state index in [1.807, 2.05) is 6.92 Å². The van der Waals surface area contributed by atoms with Crippen LogP contribution in [-0.2, 0) is 0 Å². The minimum atomic E-state index is -0.304. The summed E-state index contributed by atoms with van der Waals surface area (Å²) in [6.07, 6.45) is 1.29. The van der Waals surface area contributed by atoms with E-state index >= 15 is 0 Å². The lowest BCUT2D eigenvalue weighted by Crippen LogP contribution is -2.35. The zero-order valence-corrected chi connectivity index (χ0v) is 9.58. The molecule has 6 heteroatoms. The van der Waals surface area contributed by atoms with Gasteiger partial charge in [-0.15, -0.1) is 0 Å². The summed E-state index contributed by atoms with van der Waals surface area (Å²) in [4.78, 5) is 11.8. The second kappa shape index (κ2) is 5.50. The number of carbonyl (C=O) groups is 1. The maximum atomic E-state index is 11.8. The Hall–Kier alpha value is -1.56. The summed E-state index contributed by atoms with van der Waals surface area (Å²) in [7, 11) is 0. The van der Waals surface area contributed by atoms with Gasteiger partial charge in [0.15, 0.2) is 5.69 Å². The number of hydrogen-bond donors (Lipinski definition) is 4. The summed E-state index contributed by atoms with van der Waals surface area (Å²) in [5.41, 5.74) is 6.96. The van der Waals surface area contributed by atoms with Gasteiger partial charge < -0.3 is 16.2 Å². The average molecular weight is 226 g/mol. The molecule has 1 unspecified atom stereocenters. The van der Waals surface area contributed by atoms with Crippen molar-refractivity contribution in [3.63, 3.8) is 0 Å². The van der Waals surface area contributed by atoms with Gasteiger partial charge in [-0.1, -0.05) is 6.92 Å². The second-order valence-electron chi connectivity index (χ2n) is 3.70. The number of H-pyrrole nitrogens is 1. The predicted molar refractivity (Wildman–Crippen MR) is 61.0 cm³/mol. The van der Waals surface area contributed by atoms with Crippen molar-refractivity contribution in [3.8, 4) is 0 Å². The van der Waals surface area contributed by atoms with Gasteiger partial charge in [0.1, 0.15) is 0 Å². The Morgan fingerprint density at radius 3 is 2.81 bits per heavy atom. The molecule has 0 saturated carbocycles. The molecule has 1 atom stereocenters. The Morgan fingerprint density at radius 2 is 2.38 bits per heavy atom. The second-order valence-corrected chi connectivity index (χ2v) is 3.70. The van der Waals surface area contributed by atoms with Gasteiger partial charge in [0.2, 0.25) is 0 Å². The lowest BCUT2D eigenvalue weighted by Gasteiger charge is -2.14. The number of nitrogens with one attached hydrogen (secondary N) is 2. The van der Waals surface area contributed by atoms with Gasteiger partial charge in [-0.3, -0.25) is 9.89 Å². The van der Waals surface area contributed by atoms with Crippen molar-refractivity contribution >= 4 is 11.6 Å². The molecular weight excluding hydrogens is 208 g/mol. The molecule has 6 nitrogen and oxygen atoms in total. The zero-order chi connectivity index (χ0) is 12.1. The van der Waals surface area contributed by atoms with Gasteiger partial charge in [-0.2, -0.15) is 5.10 Å². The monoisotopic (exact) mass is 226 g/mol. The third-order valence-corrected chi connectivity index (χ3v) is 2.52. The van der Waals surface area contributed by atoms with Crippen LogP contribution in [0.1, 0.15) is 35.9 Å². The van der Waals surface area contributed by atoms with Crippen LogP contribution in [0.25, 0.3) is 0 Å². The molecule has 90 valence electrons. The molecule has 0 aliphatic carbocycles. The first-order valence-corrected chi connectivity index (χ1v) is 5.32. The van der Waals surface area contributed by atoms with E-state index in [0.717, 1.165) is 6.42 Å². The highest BCUT2D eigenvalue weighted by Gasteiger charge is 2.17. The van der Waals surface area contributed by atoms with E-state index in [2.05, 4.69) is 15.5 Å². The lowest BCUT2D eigenvalue weighted by molar-refractivity contribution is 0.0925. The Morgan fingerprint density at radius 1 is 1.69 bits per heavy atom. The number of aliphatic hydroxyl groups excluding tert-OH is 1. The number of rotatable bonds is 5. The fourth-order valence-corrected chi connectivity index (χ4v) is 1.40. The fraction of sp³-hybridized carbons (Fsp3) is 0.600. The molecular formula is C10H18N4O2. The highest BCUT2D eigenvalue weighted by atomic mass is 16.3. The third-order valence-electron chi connectivity index (χ3n) is 2.52. The SMILES string of the molecule is CCC(CCO)NC(=O)c1n[nH]c(C)c1N. The first-order chi connectivity index (χ1) is 7.60. The number of aromatic nitrogens is 2. The number of hydrogen-bond acceptors (Lipinski definition) is 4. The largest absolute Gasteiger partial charge is 0.396 e. The van der Waals surface area contributed by atoms with Crippen molar-refractivity contribution in [1.29, 1.82) is 0 Å². The topological polar surface area (TPSA) is 104 Å². The Labute approximate surface area is 94.2 Å². The molecule has 5 N–H and O–H groups in total. The van der Waals surface area contributed by atoms with Crippen LogP contribution in [0.3, 0.4) is 0 Å². The van der Waals surface area contributed by atoms with Crippen LogP contribution < -0.4 is 11.1 Å². The molecule has 0 saturated heterocycles. The number of nitrogen functional groups attached to an aromatic ring is 1. The molecule has 0 aliphatic rings. The molecule has 1 aromatic heterocycles. The van der Waals surface area contributed by atoms with Crippen molar-refractivity contribution in [2.45, 2.75) is 32.7 Å². The summed E-state index contributed by atoms with van der Waals surface area (Å²) in [6.45, 7) is 3.75. The zero-order valence-electron chi connectivity index (χ0n) is 9.58. The number of aryl methyl sites for hydroxylation is 1. The van der Waals surface area contributed by atoms with Gasteiger partial charge in [0.25, 0.3) is 5.91 Å². The van der Waals surface area contributed by atoms with E-state index in [-0.39, 0.29) is 24.2 Å². The molecule has 0 fully saturated rings. The van der Waals surface area contributed by atoms with Crippen LogP contribution in [0.2, 0.25) is 0 Å². The van der Waals surface area contributed by atoms with E-state index in [4.69, 9.17) is 10.8 Å². The van der Waals surface area contributed by atoms with Crippen molar-refractivity contribution < 1.29 is 9.90 Å². The lowest BCUT2D eigenvalue weighted by atomic mass is 10.1. The number of aromatic amines is 1. The number of amides is 1. The minimum absolute atomic E-state index is 0.0473. The molecule has 16 heavy (non-hydrogen) atoms. The maximum Gasteiger partial charge on any atom is 0.274 e. The fourth-order valence-electron chi connectivity index (χ4n) is 1.40. The number of nitrogens with zero attached hydrogens (tertiary/aromatic N) is 1. The highest BCUT2D eigenvalue weighted by Crippen LogP contribution is 2.12. The molecule has 1 amide bonds. The smallest absolute Gasteiger partial charge is 0.274 e. The van der Waals surface area contributed by atoms with Gasteiger partial charge in [0.05, 0.1) is 11.4 Å². The normalized spacial score (nSPS) is 12.4. The van der Waals surface area contributed by atoms with Crippen LogP contribution in [0.15, 0.2) is 0 Å². The van der Waals surface area contributed by atoms with Crippen molar-refractivity contribution in [1.82, 2.24) is 15.5 Å². The van der Waals surface area contributed by atoms with Crippen molar-refractivity contribution in [2.75, 3.05) is 12.3 Å². The number of anilines is 1. The minimum Gasteiger partial charge on any atom is -0.396 e. The summed E-state index contributed by atoms with van der Waals surface area (Å²) in [5, 5.41) is 18.1. The molecule has 0 radical (unpaired) electrons. The Bertz CT molecular complexity index is 362. The highest BCUT2D eigenvalue weighted by molar-refractivity contribution is 5.97. The summed E-state index contributed by atoms with van der Waals surface area (Å²) >= 11 is 0. The molecule has 1 rings (SSSR count). The first-order valence-electron chi connectivity index (χ1n) is 5.32. The Kier molecular flexibility index (Phi) is 4.30.